The molecular weight excluding hydrogens is 261 g/mol. The molecule has 0 amide bonds. The van der Waals surface area contributed by atoms with E-state index in [1.165, 1.54) is 40.5 Å². The normalized spacial score (nSPS) is 10.7. The molecule has 0 aliphatic rings. The van der Waals surface area contributed by atoms with Crippen LogP contribution in [0.15, 0.2) is 35.4 Å². The van der Waals surface area contributed by atoms with E-state index in [9.17, 15) is 14.4 Å². The number of aryl methyl sites for hydroxylation is 1. The van der Waals surface area contributed by atoms with Crippen molar-refractivity contribution in [3.63, 3.8) is 0 Å². The van der Waals surface area contributed by atoms with E-state index in [1.807, 2.05) is 6.07 Å². The Kier molecular flexibility index (Phi) is 2.57. The molecule has 2 aromatic heterocycles. The molecule has 0 spiro atoms. The maximum atomic E-state index is 14.0. The predicted molar refractivity (Wildman–Crippen MR) is 68.3 cm³/mol. The maximum Gasteiger partial charge on any atom is 0.273 e. The van der Waals surface area contributed by atoms with Gasteiger partial charge in [-0.2, -0.15) is 5.26 Å². The molecule has 0 fully saturated rings. The highest BCUT2D eigenvalue weighted by Gasteiger charge is 2.19. The predicted octanol–water partition coefficient (Wildman–Crippen LogP) is 1.11. The lowest BCUT2D eigenvalue weighted by Crippen LogP contribution is -2.24. The van der Waals surface area contributed by atoms with Crippen LogP contribution in [0.4, 0.5) is 4.39 Å². The van der Waals surface area contributed by atoms with Crippen molar-refractivity contribution in [3.05, 3.63) is 52.3 Å². The number of fused-ring (bicyclic) bond motifs is 1. The third kappa shape index (κ3) is 1.52. The molecule has 0 radical (unpaired) electrons. The van der Waals surface area contributed by atoms with E-state index in [2.05, 4.69) is 10.2 Å². The van der Waals surface area contributed by atoms with Crippen molar-refractivity contribution in [1.29, 1.82) is 5.26 Å². The first-order valence-corrected chi connectivity index (χ1v) is 5.73. The van der Waals surface area contributed by atoms with Crippen molar-refractivity contribution in [3.8, 4) is 17.3 Å². The summed E-state index contributed by atoms with van der Waals surface area (Å²) in [5.74, 6) is -0.278. The van der Waals surface area contributed by atoms with Crippen molar-refractivity contribution < 1.29 is 4.39 Å². The van der Waals surface area contributed by atoms with Crippen LogP contribution in [0, 0.1) is 17.1 Å². The first kappa shape index (κ1) is 12.0. The number of hydrogen-bond acceptors (Lipinski definition) is 4. The molecule has 1 aromatic carbocycles. The largest absolute Gasteiger partial charge is 0.279 e. The standard InChI is InChI=1S/C13H8FN5O/c1-18-12(20)9(6-15)11(19-7-16-17-13(18)19)8-4-2-3-5-10(8)14/h2-5,7H,1H3. The number of hydrogen-bond donors (Lipinski definition) is 0. The van der Waals surface area contributed by atoms with Crippen LogP contribution in [0.3, 0.4) is 0 Å². The van der Waals surface area contributed by atoms with Gasteiger partial charge in [0.25, 0.3) is 5.56 Å². The monoisotopic (exact) mass is 269 g/mol. The number of nitriles is 1. The summed E-state index contributed by atoms with van der Waals surface area (Å²) >= 11 is 0. The minimum absolute atomic E-state index is 0.148. The van der Waals surface area contributed by atoms with E-state index in [0.717, 1.165) is 0 Å². The molecule has 0 aliphatic heterocycles. The van der Waals surface area contributed by atoms with E-state index < -0.39 is 11.4 Å². The summed E-state index contributed by atoms with van der Waals surface area (Å²) in [4.78, 5) is 12.2. The van der Waals surface area contributed by atoms with Gasteiger partial charge in [0, 0.05) is 12.6 Å². The second-order valence-electron chi connectivity index (χ2n) is 4.18. The molecule has 3 rings (SSSR count). The molecule has 0 aliphatic carbocycles. The minimum atomic E-state index is -0.536. The molecule has 98 valence electrons. The molecule has 0 saturated heterocycles. The van der Waals surface area contributed by atoms with Crippen LogP contribution in [0.1, 0.15) is 5.56 Å². The third-order valence-corrected chi connectivity index (χ3v) is 3.07. The molecule has 0 bridgehead atoms. The number of halogens is 1. The molecule has 0 saturated carbocycles. The Morgan fingerprint density at radius 3 is 2.80 bits per heavy atom. The third-order valence-electron chi connectivity index (χ3n) is 3.07. The number of aromatic nitrogens is 4. The van der Waals surface area contributed by atoms with Crippen molar-refractivity contribution in [1.82, 2.24) is 19.2 Å². The summed E-state index contributed by atoms with van der Waals surface area (Å²) in [7, 11) is 1.48. The van der Waals surface area contributed by atoms with Crippen LogP contribution in [-0.2, 0) is 7.05 Å². The number of benzene rings is 1. The van der Waals surface area contributed by atoms with Gasteiger partial charge in [-0.15, -0.1) is 10.2 Å². The van der Waals surface area contributed by atoms with Crippen LogP contribution in [0.25, 0.3) is 17.0 Å². The van der Waals surface area contributed by atoms with Gasteiger partial charge >= 0.3 is 0 Å². The zero-order valence-electron chi connectivity index (χ0n) is 10.4. The first-order valence-electron chi connectivity index (χ1n) is 5.73. The van der Waals surface area contributed by atoms with E-state index in [0.29, 0.717) is 0 Å². The van der Waals surface area contributed by atoms with Crippen molar-refractivity contribution >= 4 is 5.78 Å². The zero-order valence-corrected chi connectivity index (χ0v) is 10.4. The summed E-state index contributed by atoms with van der Waals surface area (Å²) in [6, 6.07) is 7.78. The van der Waals surface area contributed by atoms with Gasteiger partial charge in [-0.3, -0.25) is 13.8 Å². The molecule has 0 N–H and O–H groups in total. The molecule has 3 aromatic rings. The van der Waals surface area contributed by atoms with Crippen molar-refractivity contribution in [2.24, 2.45) is 7.05 Å². The summed E-state index contributed by atoms with van der Waals surface area (Å²) in [6.07, 6.45) is 1.34. The van der Waals surface area contributed by atoms with Crippen LogP contribution in [-0.4, -0.2) is 19.2 Å². The fourth-order valence-electron chi connectivity index (χ4n) is 2.11. The Morgan fingerprint density at radius 1 is 1.35 bits per heavy atom. The SMILES string of the molecule is Cn1c(=O)c(C#N)c(-c2ccccc2F)n2cnnc12. The Morgan fingerprint density at radius 2 is 2.10 bits per heavy atom. The van der Waals surface area contributed by atoms with Crippen LogP contribution < -0.4 is 5.56 Å². The highest BCUT2D eigenvalue weighted by atomic mass is 19.1. The van der Waals surface area contributed by atoms with Gasteiger partial charge in [-0.25, -0.2) is 4.39 Å². The quantitative estimate of drug-likeness (QED) is 0.663. The molecule has 0 unspecified atom stereocenters. The van der Waals surface area contributed by atoms with Crippen LogP contribution in [0.2, 0.25) is 0 Å². The van der Waals surface area contributed by atoms with E-state index in [4.69, 9.17) is 0 Å². The van der Waals surface area contributed by atoms with Crippen molar-refractivity contribution in [2.75, 3.05) is 0 Å². The molecular formula is C13H8FN5O. The topological polar surface area (TPSA) is 76.0 Å². The molecule has 7 heteroatoms. The lowest BCUT2D eigenvalue weighted by atomic mass is 10.1. The molecule has 2 heterocycles. The van der Waals surface area contributed by atoms with Crippen LogP contribution in [0.5, 0.6) is 0 Å². The van der Waals surface area contributed by atoms with E-state index in [1.54, 1.807) is 6.07 Å². The minimum Gasteiger partial charge on any atom is -0.279 e. The second kappa shape index (κ2) is 4.28. The van der Waals surface area contributed by atoms with Crippen molar-refractivity contribution in [2.45, 2.75) is 0 Å². The summed E-state index contributed by atoms with van der Waals surface area (Å²) in [5.41, 5.74) is -0.364. The van der Waals surface area contributed by atoms with Gasteiger partial charge in [0.15, 0.2) is 0 Å². The second-order valence-corrected chi connectivity index (χ2v) is 4.18. The van der Waals surface area contributed by atoms with Gasteiger partial charge < -0.3 is 0 Å². The summed E-state index contributed by atoms with van der Waals surface area (Å²) < 4.78 is 16.6. The summed E-state index contributed by atoms with van der Waals surface area (Å²) in [5, 5.41) is 16.8. The number of nitrogens with zero attached hydrogens (tertiary/aromatic N) is 5. The lowest BCUT2D eigenvalue weighted by molar-refractivity contribution is 0.630. The average molecular weight is 269 g/mol. The summed E-state index contributed by atoms with van der Waals surface area (Å²) in [6.45, 7) is 0. The van der Waals surface area contributed by atoms with Gasteiger partial charge in [-0.1, -0.05) is 12.1 Å². The molecule has 20 heavy (non-hydrogen) atoms. The molecule has 6 nitrogen and oxygen atoms in total. The fourth-order valence-corrected chi connectivity index (χ4v) is 2.11. The highest BCUT2D eigenvalue weighted by Crippen LogP contribution is 2.24. The maximum absolute atomic E-state index is 14.0. The van der Waals surface area contributed by atoms with Gasteiger partial charge in [-0.05, 0) is 12.1 Å². The highest BCUT2D eigenvalue weighted by molar-refractivity contribution is 5.69. The number of rotatable bonds is 1. The van der Waals surface area contributed by atoms with E-state index >= 15 is 0 Å². The Bertz CT molecular complexity index is 919. The Balaban J connectivity index is 2.57. The van der Waals surface area contributed by atoms with Gasteiger partial charge in [0.1, 0.15) is 23.8 Å². The molecule has 0 atom stereocenters. The smallest absolute Gasteiger partial charge is 0.273 e. The Hall–Kier alpha value is -3.01. The average Bonchev–Trinajstić information content (AvgIpc) is 2.93. The zero-order chi connectivity index (χ0) is 14.3. The van der Waals surface area contributed by atoms with Gasteiger partial charge in [0.05, 0.1) is 5.69 Å². The van der Waals surface area contributed by atoms with Gasteiger partial charge in [0.2, 0.25) is 5.78 Å². The fraction of sp³-hybridized carbons (Fsp3) is 0.0769. The first-order chi connectivity index (χ1) is 9.65. The Labute approximate surface area is 112 Å². The van der Waals surface area contributed by atoms with Crippen LogP contribution >= 0.6 is 0 Å². The van der Waals surface area contributed by atoms with E-state index in [-0.39, 0.29) is 22.6 Å². The lowest BCUT2D eigenvalue weighted by Gasteiger charge is -2.10.